The Morgan fingerprint density at radius 1 is 1.14 bits per heavy atom. The van der Waals surface area contributed by atoms with E-state index in [1.165, 1.54) is 22.5 Å². The maximum atomic E-state index is 12.6. The van der Waals surface area contributed by atoms with Gasteiger partial charge >= 0.3 is 5.97 Å². The standard InChI is InChI=1S/C19H20BrN3O5S/c20-13-6-7-17(21)16(10-13)19(25)28-12-18(24)22-14-4-3-5-15(11-14)29(26,27)23-8-1-2-9-23/h3-7,10-11H,1-2,8-9,12,21H2,(H,22,24). The van der Waals surface area contributed by atoms with Crippen molar-refractivity contribution in [2.45, 2.75) is 17.7 Å². The van der Waals surface area contributed by atoms with Crippen molar-refractivity contribution in [1.29, 1.82) is 0 Å². The fourth-order valence-corrected chi connectivity index (χ4v) is 4.85. The van der Waals surface area contributed by atoms with Gasteiger partial charge in [0.15, 0.2) is 6.61 Å². The molecule has 1 aliphatic rings. The molecule has 10 heteroatoms. The molecule has 0 aromatic heterocycles. The van der Waals surface area contributed by atoms with Crippen LogP contribution in [-0.2, 0) is 19.6 Å². The van der Waals surface area contributed by atoms with Gasteiger partial charge in [-0.05, 0) is 49.2 Å². The number of amides is 1. The van der Waals surface area contributed by atoms with Crippen molar-refractivity contribution in [3.8, 4) is 0 Å². The van der Waals surface area contributed by atoms with Crippen LogP contribution in [0.5, 0.6) is 0 Å². The summed E-state index contributed by atoms with van der Waals surface area (Å²) >= 11 is 3.24. The van der Waals surface area contributed by atoms with Crippen LogP contribution in [0.25, 0.3) is 0 Å². The zero-order valence-corrected chi connectivity index (χ0v) is 17.8. The minimum atomic E-state index is -3.59. The topological polar surface area (TPSA) is 119 Å². The van der Waals surface area contributed by atoms with Gasteiger partial charge in [-0.3, -0.25) is 4.79 Å². The minimum absolute atomic E-state index is 0.108. The van der Waals surface area contributed by atoms with Gasteiger partial charge < -0.3 is 15.8 Å². The van der Waals surface area contributed by atoms with Crippen molar-refractivity contribution in [1.82, 2.24) is 4.31 Å². The summed E-state index contributed by atoms with van der Waals surface area (Å²) in [6.07, 6.45) is 1.67. The number of anilines is 2. The number of sulfonamides is 1. The maximum absolute atomic E-state index is 12.6. The maximum Gasteiger partial charge on any atom is 0.340 e. The molecule has 0 radical (unpaired) electrons. The molecule has 0 spiro atoms. The Labute approximate surface area is 177 Å². The molecule has 1 saturated heterocycles. The van der Waals surface area contributed by atoms with Crippen LogP contribution >= 0.6 is 15.9 Å². The van der Waals surface area contributed by atoms with Crippen LogP contribution < -0.4 is 11.1 Å². The molecule has 8 nitrogen and oxygen atoms in total. The van der Waals surface area contributed by atoms with Gasteiger partial charge in [0, 0.05) is 28.9 Å². The first-order chi connectivity index (χ1) is 13.8. The molecule has 3 N–H and O–H groups in total. The molecule has 29 heavy (non-hydrogen) atoms. The lowest BCUT2D eigenvalue weighted by Gasteiger charge is -2.16. The minimum Gasteiger partial charge on any atom is -0.452 e. The lowest BCUT2D eigenvalue weighted by Crippen LogP contribution is -2.28. The Morgan fingerprint density at radius 2 is 1.86 bits per heavy atom. The molecule has 0 bridgehead atoms. The van der Waals surface area contributed by atoms with Gasteiger partial charge in [0.25, 0.3) is 5.91 Å². The first-order valence-electron chi connectivity index (χ1n) is 8.89. The number of halogens is 1. The van der Waals surface area contributed by atoms with Gasteiger partial charge in [-0.2, -0.15) is 4.31 Å². The average Bonchev–Trinajstić information content (AvgIpc) is 3.24. The molecule has 2 aromatic rings. The van der Waals surface area contributed by atoms with Crippen molar-refractivity contribution in [3.63, 3.8) is 0 Å². The van der Waals surface area contributed by atoms with Crippen LogP contribution in [-0.4, -0.2) is 44.3 Å². The number of nitrogens with zero attached hydrogens (tertiary/aromatic N) is 1. The SMILES string of the molecule is Nc1ccc(Br)cc1C(=O)OCC(=O)Nc1cccc(S(=O)(=O)N2CCCC2)c1. The predicted molar refractivity (Wildman–Crippen MR) is 112 cm³/mol. The van der Waals surface area contributed by atoms with E-state index in [0.717, 1.165) is 12.8 Å². The fraction of sp³-hybridized carbons (Fsp3) is 0.263. The number of nitrogens with two attached hydrogens (primary N) is 1. The van der Waals surface area contributed by atoms with E-state index in [4.69, 9.17) is 10.5 Å². The van der Waals surface area contributed by atoms with Crippen molar-refractivity contribution < 1.29 is 22.7 Å². The summed E-state index contributed by atoms with van der Waals surface area (Å²) in [5.74, 6) is -1.33. The lowest BCUT2D eigenvalue weighted by atomic mass is 10.2. The molecule has 0 aliphatic carbocycles. The normalized spacial score (nSPS) is 14.5. The zero-order chi connectivity index (χ0) is 21.0. The van der Waals surface area contributed by atoms with Crippen molar-refractivity contribution in [2.24, 2.45) is 0 Å². The lowest BCUT2D eigenvalue weighted by molar-refractivity contribution is -0.119. The van der Waals surface area contributed by atoms with Gasteiger partial charge in [0.1, 0.15) is 0 Å². The van der Waals surface area contributed by atoms with E-state index in [2.05, 4.69) is 21.2 Å². The summed E-state index contributed by atoms with van der Waals surface area (Å²) in [5, 5.41) is 2.54. The van der Waals surface area contributed by atoms with Crippen LogP contribution in [0, 0.1) is 0 Å². The van der Waals surface area contributed by atoms with Crippen molar-refractivity contribution >= 4 is 49.2 Å². The monoisotopic (exact) mass is 481 g/mol. The largest absolute Gasteiger partial charge is 0.452 e. The van der Waals surface area contributed by atoms with Gasteiger partial charge in [0.05, 0.1) is 10.5 Å². The molecule has 0 unspecified atom stereocenters. The molecule has 154 valence electrons. The molecule has 1 amide bonds. The number of nitrogen functional groups attached to an aromatic ring is 1. The summed E-state index contributed by atoms with van der Waals surface area (Å²) < 4.78 is 32.3. The van der Waals surface area contributed by atoms with Crippen LogP contribution in [0.4, 0.5) is 11.4 Å². The van der Waals surface area contributed by atoms with Crippen LogP contribution in [0.15, 0.2) is 51.8 Å². The van der Waals surface area contributed by atoms with Crippen LogP contribution in [0.1, 0.15) is 23.2 Å². The van der Waals surface area contributed by atoms with E-state index in [0.29, 0.717) is 23.2 Å². The predicted octanol–water partition coefficient (Wildman–Crippen LogP) is 2.61. The molecule has 0 saturated carbocycles. The van der Waals surface area contributed by atoms with E-state index >= 15 is 0 Å². The Balaban J connectivity index is 1.62. The Bertz CT molecular complexity index is 1040. The molecule has 1 fully saturated rings. The number of hydrogen-bond donors (Lipinski definition) is 2. The van der Waals surface area contributed by atoms with E-state index < -0.39 is 28.5 Å². The summed E-state index contributed by atoms with van der Waals surface area (Å²) in [7, 11) is -3.59. The fourth-order valence-electron chi connectivity index (χ4n) is 2.92. The van der Waals surface area contributed by atoms with Crippen LogP contribution in [0.3, 0.4) is 0 Å². The molecular weight excluding hydrogens is 462 g/mol. The third-order valence-corrected chi connectivity index (χ3v) is 6.78. The number of carbonyl (C=O) groups is 2. The Kier molecular flexibility index (Phi) is 6.56. The average molecular weight is 482 g/mol. The molecule has 1 heterocycles. The molecule has 2 aromatic carbocycles. The number of rotatable bonds is 6. The molecular formula is C19H20BrN3O5S. The van der Waals surface area contributed by atoms with Crippen LogP contribution in [0.2, 0.25) is 0 Å². The number of esters is 1. The van der Waals surface area contributed by atoms with E-state index in [-0.39, 0.29) is 16.1 Å². The van der Waals surface area contributed by atoms with Gasteiger partial charge in [0.2, 0.25) is 10.0 Å². The second-order valence-corrected chi connectivity index (χ2v) is 9.35. The summed E-state index contributed by atoms with van der Waals surface area (Å²) in [4.78, 5) is 24.4. The Hall–Kier alpha value is -2.43. The number of hydrogen-bond acceptors (Lipinski definition) is 6. The molecule has 1 aliphatic heterocycles. The van der Waals surface area contributed by atoms with Gasteiger partial charge in [-0.25, -0.2) is 13.2 Å². The van der Waals surface area contributed by atoms with Gasteiger partial charge in [-0.15, -0.1) is 0 Å². The van der Waals surface area contributed by atoms with E-state index in [1.54, 1.807) is 24.3 Å². The number of carbonyl (C=O) groups excluding carboxylic acids is 2. The second-order valence-electron chi connectivity index (χ2n) is 6.49. The quantitative estimate of drug-likeness (QED) is 0.483. The van der Waals surface area contributed by atoms with Crippen molar-refractivity contribution in [2.75, 3.05) is 30.7 Å². The molecule has 0 atom stereocenters. The van der Waals surface area contributed by atoms with E-state index in [9.17, 15) is 18.0 Å². The highest BCUT2D eigenvalue weighted by molar-refractivity contribution is 9.10. The highest BCUT2D eigenvalue weighted by Crippen LogP contribution is 2.23. The first-order valence-corrected chi connectivity index (χ1v) is 11.1. The van der Waals surface area contributed by atoms with Gasteiger partial charge in [-0.1, -0.05) is 22.0 Å². The Morgan fingerprint density at radius 3 is 2.59 bits per heavy atom. The number of nitrogens with one attached hydrogen (secondary N) is 1. The number of benzene rings is 2. The van der Waals surface area contributed by atoms with E-state index in [1.807, 2.05) is 0 Å². The smallest absolute Gasteiger partial charge is 0.340 e. The highest BCUT2D eigenvalue weighted by atomic mass is 79.9. The second kappa shape index (κ2) is 8.93. The first kappa shape index (κ1) is 21.3. The summed E-state index contributed by atoms with van der Waals surface area (Å²) in [5.41, 5.74) is 6.42. The highest BCUT2D eigenvalue weighted by Gasteiger charge is 2.27. The summed E-state index contributed by atoms with van der Waals surface area (Å²) in [6.45, 7) is 0.453. The third kappa shape index (κ3) is 5.14. The number of ether oxygens (including phenoxy) is 1. The van der Waals surface area contributed by atoms with Crippen molar-refractivity contribution in [3.05, 3.63) is 52.5 Å². The summed E-state index contributed by atoms with van der Waals surface area (Å²) in [6, 6.07) is 10.7. The molecule has 3 rings (SSSR count). The zero-order valence-electron chi connectivity index (χ0n) is 15.4. The third-order valence-electron chi connectivity index (χ3n) is 4.39.